The van der Waals surface area contributed by atoms with E-state index in [1.165, 1.54) is 6.42 Å². The Balaban J connectivity index is 1.86. The van der Waals surface area contributed by atoms with Gasteiger partial charge in [-0.05, 0) is 31.9 Å². The largest absolute Gasteiger partial charge is 0.367 e. The highest BCUT2D eigenvalue weighted by atomic mass is 19.2. The van der Waals surface area contributed by atoms with E-state index in [0.29, 0.717) is 11.7 Å². The van der Waals surface area contributed by atoms with Crippen molar-refractivity contribution in [3.63, 3.8) is 0 Å². The van der Waals surface area contributed by atoms with Crippen molar-refractivity contribution in [2.24, 2.45) is 5.73 Å². The van der Waals surface area contributed by atoms with Crippen LogP contribution < -0.4 is 10.6 Å². The van der Waals surface area contributed by atoms with Gasteiger partial charge in [-0.1, -0.05) is 6.07 Å². The van der Waals surface area contributed by atoms with Gasteiger partial charge < -0.3 is 10.6 Å². The van der Waals surface area contributed by atoms with Crippen molar-refractivity contribution >= 4 is 5.69 Å². The molecule has 0 saturated carbocycles. The Hall–Kier alpha value is -1.20. The second-order valence-corrected chi connectivity index (χ2v) is 5.71. The summed E-state index contributed by atoms with van der Waals surface area (Å²) in [6.07, 6.45) is 3.36. The fourth-order valence-corrected chi connectivity index (χ4v) is 3.41. The minimum atomic E-state index is -0.794. The molecule has 1 aromatic carbocycles. The lowest BCUT2D eigenvalue weighted by Crippen LogP contribution is -2.37. The van der Waals surface area contributed by atoms with Crippen molar-refractivity contribution in [1.82, 2.24) is 4.90 Å². The standard InChI is InChI=1S/C15H21F2N3/c16-14-11(9-18)4-5-13(15(14)17)20-8-2-7-19-6-1-3-12(19)10-20/h4-5,12H,1-3,6-10,18H2. The molecule has 2 fully saturated rings. The molecule has 20 heavy (non-hydrogen) atoms. The Morgan fingerprint density at radius 2 is 1.90 bits per heavy atom. The van der Waals surface area contributed by atoms with Crippen molar-refractivity contribution in [2.75, 3.05) is 31.1 Å². The quantitative estimate of drug-likeness (QED) is 0.901. The molecule has 110 valence electrons. The van der Waals surface area contributed by atoms with Crippen LogP contribution in [0.5, 0.6) is 0 Å². The molecule has 5 heteroatoms. The van der Waals surface area contributed by atoms with Crippen molar-refractivity contribution < 1.29 is 8.78 Å². The molecular weight excluding hydrogens is 260 g/mol. The number of halogens is 2. The van der Waals surface area contributed by atoms with Gasteiger partial charge in [-0.25, -0.2) is 8.78 Å². The summed E-state index contributed by atoms with van der Waals surface area (Å²) < 4.78 is 28.1. The van der Waals surface area contributed by atoms with Crippen LogP contribution >= 0.6 is 0 Å². The molecule has 2 aliphatic heterocycles. The summed E-state index contributed by atoms with van der Waals surface area (Å²) in [5.41, 5.74) is 6.04. The van der Waals surface area contributed by atoms with Gasteiger partial charge in [-0.15, -0.1) is 0 Å². The van der Waals surface area contributed by atoms with E-state index < -0.39 is 11.6 Å². The summed E-state index contributed by atoms with van der Waals surface area (Å²) in [6, 6.07) is 3.75. The number of hydrogen-bond donors (Lipinski definition) is 1. The Kier molecular flexibility index (Phi) is 3.89. The van der Waals surface area contributed by atoms with Crippen LogP contribution in [0.2, 0.25) is 0 Å². The Morgan fingerprint density at radius 3 is 2.70 bits per heavy atom. The lowest BCUT2D eigenvalue weighted by molar-refractivity contribution is 0.273. The Labute approximate surface area is 118 Å². The molecule has 3 rings (SSSR count). The second-order valence-electron chi connectivity index (χ2n) is 5.71. The predicted molar refractivity (Wildman–Crippen MR) is 75.7 cm³/mol. The van der Waals surface area contributed by atoms with Gasteiger partial charge in [0.15, 0.2) is 11.6 Å². The van der Waals surface area contributed by atoms with Crippen molar-refractivity contribution in [3.8, 4) is 0 Å². The van der Waals surface area contributed by atoms with Gasteiger partial charge in [0.05, 0.1) is 5.69 Å². The number of rotatable bonds is 2. The molecule has 0 bridgehead atoms. The lowest BCUT2D eigenvalue weighted by atomic mass is 10.1. The molecule has 2 aliphatic rings. The summed E-state index contributed by atoms with van der Waals surface area (Å²) in [4.78, 5) is 4.47. The average Bonchev–Trinajstić information content (AvgIpc) is 2.79. The highest BCUT2D eigenvalue weighted by molar-refractivity contribution is 5.50. The first-order valence-corrected chi connectivity index (χ1v) is 7.36. The molecule has 0 aliphatic carbocycles. The zero-order valence-corrected chi connectivity index (χ0v) is 11.6. The molecule has 2 saturated heterocycles. The summed E-state index contributed by atoms with van der Waals surface area (Å²) in [7, 11) is 0. The van der Waals surface area contributed by atoms with Gasteiger partial charge in [-0.3, -0.25) is 4.90 Å². The molecule has 2 heterocycles. The maximum atomic E-state index is 14.2. The zero-order valence-electron chi connectivity index (χ0n) is 11.6. The van der Waals surface area contributed by atoms with Crippen LogP contribution in [0.1, 0.15) is 24.8 Å². The van der Waals surface area contributed by atoms with E-state index in [4.69, 9.17) is 5.73 Å². The Morgan fingerprint density at radius 1 is 1.10 bits per heavy atom. The SMILES string of the molecule is NCc1ccc(N2CCCN3CCCC3C2)c(F)c1F. The molecule has 2 N–H and O–H groups in total. The topological polar surface area (TPSA) is 32.5 Å². The average molecular weight is 281 g/mol. The van der Waals surface area contributed by atoms with E-state index >= 15 is 0 Å². The highest BCUT2D eigenvalue weighted by Crippen LogP contribution is 2.28. The van der Waals surface area contributed by atoms with Gasteiger partial charge >= 0.3 is 0 Å². The second kappa shape index (κ2) is 5.66. The summed E-state index contributed by atoms with van der Waals surface area (Å²) in [6.45, 7) is 3.80. The van der Waals surface area contributed by atoms with Crippen LogP contribution in [0.4, 0.5) is 14.5 Å². The van der Waals surface area contributed by atoms with E-state index in [9.17, 15) is 8.78 Å². The lowest BCUT2D eigenvalue weighted by Gasteiger charge is -2.27. The first-order valence-electron chi connectivity index (χ1n) is 7.36. The third-order valence-corrected chi connectivity index (χ3v) is 4.51. The minimum Gasteiger partial charge on any atom is -0.367 e. The third kappa shape index (κ3) is 2.40. The zero-order chi connectivity index (χ0) is 14.1. The summed E-state index contributed by atoms with van der Waals surface area (Å²) in [5, 5.41) is 0. The number of nitrogens with two attached hydrogens (primary N) is 1. The van der Waals surface area contributed by atoms with E-state index in [-0.39, 0.29) is 12.1 Å². The van der Waals surface area contributed by atoms with E-state index in [2.05, 4.69) is 4.90 Å². The highest BCUT2D eigenvalue weighted by Gasteiger charge is 2.30. The summed E-state index contributed by atoms with van der Waals surface area (Å²) >= 11 is 0. The van der Waals surface area contributed by atoms with E-state index in [1.54, 1.807) is 12.1 Å². The molecule has 3 nitrogen and oxygen atoms in total. The third-order valence-electron chi connectivity index (χ3n) is 4.51. The van der Waals surface area contributed by atoms with Crippen LogP contribution in [0, 0.1) is 11.6 Å². The first-order chi connectivity index (χ1) is 9.70. The van der Waals surface area contributed by atoms with Gasteiger partial charge in [0.1, 0.15) is 0 Å². The molecule has 1 aromatic rings. The number of fused-ring (bicyclic) bond motifs is 1. The minimum absolute atomic E-state index is 0.0272. The maximum Gasteiger partial charge on any atom is 0.182 e. The fourth-order valence-electron chi connectivity index (χ4n) is 3.41. The van der Waals surface area contributed by atoms with Gasteiger partial charge in [0.2, 0.25) is 0 Å². The molecule has 0 aromatic heterocycles. The van der Waals surface area contributed by atoms with Crippen LogP contribution in [-0.2, 0) is 6.54 Å². The number of benzene rings is 1. The van der Waals surface area contributed by atoms with Crippen molar-refractivity contribution in [2.45, 2.75) is 31.8 Å². The predicted octanol–water partition coefficient (Wildman–Crippen LogP) is 2.10. The molecule has 1 atom stereocenters. The van der Waals surface area contributed by atoms with Gasteiger partial charge in [0, 0.05) is 37.8 Å². The number of hydrogen-bond acceptors (Lipinski definition) is 3. The monoisotopic (exact) mass is 281 g/mol. The molecule has 1 unspecified atom stereocenters. The molecule has 0 amide bonds. The van der Waals surface area contributed by atoms with Crippen molar-refractivity contribution in [3.05, 3.63) is 29.3 Å². The van der Waals surface area contributed by atoms with E-state index in [1.807, 2.05) is 4.90 Å². The van der Waals surface area contributed by atoms with E-state index in [0.717, 1.165) is 39.0 Å². The fraction of sp³-hybridized carbons (Fsp3) is 0.600. The molecule has 0 radical (unpaired) electrons. The van der Waals surface area contributed by atoms with Crippen LogP contribution in [-0.4, -0.2) is 37.1 Å². The van der Waals surface area contributed by atoms with Crippen LogP contribution in [0.15, 0.2) is 12.1 Å². The Bertz CT molecular complexity index is 492. The molecular formula is C15H21F2N3. The van der Waals surface area contributed by atoms with Crippen LogP contribution in [0.25, 0.3) is 0 Å². The normalized spacial score (nSPS) is 23.8. The van der Waals surface area contributed by atoms with Crippen molar-refractivity contribution in [1.29, 1.82) is 0 Å². The number of anilines is 1. The van der Waals surface area contributed by atoms with Gasteiger partial charge in [-0.2, -0.15) is 0 Å². The first kappa shape index (κ1) is 13.8. The maximum absolute atomic E-state index is 14.2. The smallest absolute Gasteiger partial charge is 0.182 e. The number of nitrogens with zero attached hydrogens (tertiary/aromatic N) is 2. The van der Waals surface area contributed by atoms with Crippen LogP contribution in [0.3, 0.4) is 0 Å². The van der Waals surface area contributed by atoms with Gasteiger partial charge in [0.25, 0.3) is 0 Å². The molecule has 0 spiro atoms. The summed E-state index contributed by atoms with van der Waals surface area (Å²) in [5.74, 6) is -1.54.